The number of carbonyl (C=O) groups is 1. The minimum atomic E-state index is -0.411. The predicted molar refractivity (Wildman–Crippen MR) is 72.8 cm³/mol. The normalized spacial score (nSPS) is 10.7. The summed E-state index contributed by atoms with van der Waals surface area (Å²) in [6.07, 6.45) is 3.82. The van der Waals surface area contributed by atoms with E-state index in [0.717, 1.165) is 0 Å². The van der Waals surface area contributed by atoms with Gasteiger partial charge in [0.2, 0.25) is 5.88 Å². The topological polar surface area (TPSA) is 92.3 Å². The van der Waals surface area contributed by atoms with Crippen molar-refractivity contribution in [2.75, 3.05) is 0 Å². The number of ether oxygens (including phenoxy) is 1. The van der Waals surface area contributed by atoms with Crippen LogP contribution >= 0.6 is 0 Å². The number of aromatic hydroxyl groups is 1. The lowest BCUT2D eigenvalue weighted by molar-refractivity contribution is -0.112. The van der Waals surface area contributed by atoms with Gasteiger partial charge in [0, 0.05) is 0 Å². The van der Waals surface area contributed by atoms with Crippen molar-refractivity contribution in [1.82, 2.24) is 9.97 Å². The maximum absolute atomic E-state index is 11.7. The van der Waals surface area contributed by atoms with Gasteiger partial charge in [0.05, 0.1) is 6.33 Å². The van der Waals surface area contributed by atoms with Crippen molar-refractivity contribution < 1.29 is 14.6 Å². The number of nitrogens with one attached hydrogen (secondary N) is 1. The smallest absolute Gasteiger partial charge is 0.261 e. The number of hydrogen-bond acceptors (Lipinski definition) is 5. The van der Waals surface area contributed by atoms with Gasteiger partial charge in [0.25, 0.3) is 5.56 Å². The Morgan fingerprint density at radius 3 is 2.70 bits per heavy atom. The van der Waals surface area contributed by atoms with Gasteiger partial charge in [-0.3, -0.25) is 9.59 Å². The summed E-state index contributed by atoms with van der Waals surface area (Å²) in [6.45, 7) is 1.38. The Morgan fingerprint density at radius 2 is 2.05 bits per heavy atom. The number of aromatic amines is 1. The molecular weight excluding hydrogens is 260 g/mol. The molecule has 0 saturated carbocycles. The minimum Gasteiger partial charge on any atom is -0.508 e. The second-order valence-corrected chi connectivity index (χ2v) is 3.99. The van der Waals surface area contributed by atoms with Crippen molar-refractivity contribution in [2.45, 2.75) is 6.92 Å². The Balaban J connectivity index is 2.36. The Hall–Kier alpha value is -2.89. The zero-order valence-corrected chi connectivity index (χ0v) is 10.7. The van der Waals surface area contributed by atoms with E-state index in [4.69, 9.17) is 4.74 Å². The van der Waals surface area contributed by atoms with Gasteiger partial charge in [-0.2, -0.15) is 0 Å². The van der Waals surface area contributed by atoms with Crippen molar-refractivity contribution in [2.24, 2.45) is 0 Å². The van der Waals surface area contributed by atoms with Crippen LogP contribution in [0, 0.1) is 0 Å². The summed E-state index contributed by atoms with van der Waals surface area (Å²) >= 11 is 0. The Morgan fingerprint density at radius 1 is 1.35 bits per heavy atom. The average Bonchev–Trinajstić information content (AvgIpc) is 2.40. The fraction of sp³-hybridized carbons (Fsp3) is 0.0714. The lowest BCUT2D eigenvalue weighted by Crippen LogP contribution is -2.11. The molecule has 0 aliphatic rings. The minimum absolute atomic E-state index is 0.0805. The Bertz CT molecular complexity index is 702. The number of benzene rings is 1. The van der Waals surface area contributed by atoms with Gasteiger partial charge in [-0.1, -0.05) is 0 Å². The molecule has 20 heavy (non-hydrogen) atoms. The zero-order chi connectivity index (χ0) is 14.5. The lowest BCUT2D eigenvalue weighted by atomic mass is 10.2. The number of H-pyrrole nitrogens is 1. The van der Waals surface area contributed by atoms with Gasteiger partial charge in [0.1, 0.15) is 17.1 Å². The number of phenols is 1. The number of rotatable bonds is 4. The average molecular weight is 272 g/mol. The van der Waals surface area contributed by atoms with Gasteiger partial charge < -0.3 is 14.8 Å². The molecule has 2 rings (SSSR count). The third kappa shape index (κ3) is 3.32. The molecular formula is C14H12N2O4. The van der Waals surface area contributed by atoms with E-state index in [0.29, 0.717) is 5.75 Å². The van der Waals surface area contributed by atoms with Gasteiger partial charge in [-0.25, -0.2) is 4.98 Å². The molecule has 0 saturated heterocycles. The van der Waals surface area contributed by atoms with Gasteiger partial charge in [-0.15, -0.1) is 0 Å². The molecule has 6 heteroatoms. The molecule has 0 unspecified atom stereocenters. The largest absolute Gasteiger partial charge is 0.508 e. The van der Waals surface area contributed by atoms with Gasteiger partial charge in [-0.05, 0) is 43.3 Å². The van der Waals surface area contributed by atoms with E-state index in [1.54, 1.807) is 0 Å². The Kier molecular flexibility index (Phi) is 3.95. The number of aromatic nitrogens is 2. The van der Waals surface area contributed by atoms with E-state index in [2.05, 4.69) is 9.97 Å². The molecule has 0 amide bonds. The molecule has 6 nitrogen and oxygen atoms in total. The van der Waals surface area contributed by atoms with Crippen LogP contribution in [-0.2, 0) is 4.79 Å². The molecule has 2 N–H and O–H groups in total. The highest BCUT2D eigenvalue weighted by Gasteiger charge is 2.08. The van der Waals surface area contributed by atoms with E-state index in [9.17, 15) is 14.7 Å². The molecule has 0 bridgehead atoms. The predicted octanol–water partition coefficient (Wildman–Crippen LogP) is 1.87. The molecule has 0 atom stereocenters. The molecule has 0 aliphatic heterocycles. The van der Waals surface area contributed by atoms with Crippen LogP contribution in [0.15, 0.2) is 41.5 Å². The molecule has 1 aromatic heterocycles. The number of phenolic OH excluding ortho intramolecular Hbond substituents is 1. The van der Waals surface area contributed by atoms with Crippen LogP contribution in [0.1, 0.15) is 12.5 Å². The molecule has 0 spiro atoms. The molecule has 0 radical (unpaired) electrons. The van der Waals surface area contributed by atoms with E-state index in [-0.39, 0.29) is 23.0 Å². The highest BCUT2D eigenvalue weighted by molar-refractivity contribution is 5.91. The third-order valence-electron chi connectivity index (χ3n) is 2.39. The summed E-state index contributed by atoms with van der Waals surface area (Å²) in [5.74, 6) is 0.409. The second-order valence-electron chi connectivity index (χ2n) is 3.99. The molecule has 0 fully saturated rings. The number of nitrogens with zero attached hydrogens (tertiary/aromatic N) is 1. The fourth-order valence-corrected chi connectivity index (χ4v) is 1.45. The van der Waals surface area contributed by atoms with Crippen LogP contribution in [0.2, 0.25) is 0 Å². The monoisotopic (exact) mass is 272 g/mol. The Labute approximate surface area is 114 Å². The standard InChI is InChI=1S/C14H12N2O4/c1-9(17)2-7-12-13(19)15-8-16-14(12)20-11-5-3-10(18)4-6-11/h2-8,18H,1H3,(H,15,16,19)/b7-2+. The van der Waals surface area contributed by atoms with E-state index < -0.39 is 5.56 Å². The quantitative estimate of drug-likeness (QED) is 0.829. The molecule has 1 heterocycles. The lowest BCUT2D eigenvalue weighted by Gasteiger charge is -2.06. The summed E-state index contributed by atoms with van der Waals surface area (Å²) in [5.41, 5.74) is -0.262. The maximum atomic E-state index is 11.7. The van der Waals surface area contributed by atoms with Crippen LogP contribution < -0.4 is 10.3 Å². The van der Waals surface area contributed by atoms with Crippen molar-refractivity contribution in [3.05, 3.63) is 52.6 Å². The van der Waals surface area contributed by atoms with E-state index in [1.165, 1.54) is 49.7 Å². The second kappa shape index (κ2) is 5.83. The summed E-state index contributed by atoms with van der Waals surface area (Å²) in [7, 11) is 0. The summed E-state index contributed by atoms with van der Waals surface area (Å²) in [4.78, 5) is 29.0. The van der Waals surface area contributed by atoms with Crippen LogP contribution in [0.4, 0.5) is 0 Å². The van der Waals surface area contributed by atoms with E-state index >= 15 is 0 Å². The number of ketones is 1. The van der Waals surface area contributed by atoms with Crippen LogP contribution in [0.3, 0.4) is 0 Å². The third-order valence-corrected chi connectivity index (χ3v) is 2.39. The first kappa shape index (κ1) is 13.5. The molecule has 2 aromatic rings. The SMILES string of the molecule is CC(=O)/C=C/c1c(Oc2ccc(O)cc2)nc[nH]c1=O. The molecule has 1 aromatic carbocycles. The van der Waals surface area contributed by atoms with Crippen molar-refractivity contribution in [3.8, 4) is 17.4 Å². The number of hydrogen-bond donors (Lipinski definition) is 2. The van der Waals surface area contributed by atoms with Gasteiger partial charge in [0.15, 0.2) is 5.78 Å². The summed E-state index contributed by atoms with van der Waals surface area (Å²) in [5, 5.41) is 9.19. The first-order valence-corrected chi connectivity index (χ1v) is 5.79. The van der Waals surface area contributed by atoms with Crippen molar-refractivity contribution in [1.29, 1.82) is 0 Å². The van der Waals surface area contributed by atoms with Crippen molar-refractivity contribution >= 4 is 11.9 Å². The number of carbonyl (C=O) groups excluding carboxylic acids is 1. The van der Waals surface area contributed by atoms with Crippen LogP contribution in [0.25, 0.3) is 6.08 Å². The molecule has 102 valence electrons. The maximum Gasteiger partial charge on any atom is 0.261 e. The summed E-state index contributed by atoms with van der Waals surface area (Å²) in [6, 6.07) is 5.98. The fourth-order valence-electron chi connectivity index (χ4n) is 1.45. The zero-order valence-electron chi connectivity index (χ0n) is 10.7. The highest BCUT2D eigenvalue weighted by atomic mass is 16.5. The van der Waals surface area contributed by atoms with E-state index in [1.807, 2.05) is 0 Å². The molecule has 0 aliphatic carbocycles. The first-order chi connectivity index (χ1) is 9.56. The van der Waals surface area contributed by atoms with Crippen LogP contribution in [-0.4, -0.2) is 20.9 Å². The number of allylic oxidation sites excluding steroid dienone is 1. The van der Waals surface area contributed by atoms with Gasteiger partial charge >= 0.3 is 0 Å². The highest BCUT2D eigenvalue weighted by Crippen LogP contribution is 2.23. The summed E-state index contributed by atoms with van der Waals surface area (Å²) < 4.78 is 5.47. The first-order valence-electron chi connectivity index (χ1n) is 5.79. The van der Waals surface area contributed by atoms with Crippen molar-refractivity contribution in [3.63, 3.8) is 0 Å². The van der Waals surface area contributed by atoms with Crippen LogP contribution in [0.5, 0.6) is 17.4 Å².